The molecule has 1 aliphatic rings. The van der Waals surface area contributed by atoms with Crippen LogP contribution in [0.3, 0.4) is 0 Å². The van der Waals surface area contributed by atoms with Crippen molar-refractivity contribution in [3.05, 3.63) is 35.4 Å². The zero-order valence-corrected chi connectivity index (χ0v) is 12.5. The standard InChI is InChI=1S/C15H19F3N2O2/c1-10-9-20(7-6-19(10)2)13(14(21)22)11-4-3-5-12(8-11)15(16,17)18/h3-5,8,10,13H,6-7,9H2,1-2H3,(H,21,22). The molecule has 1 N–H and O–H groups in total. The minimum absolute atomic E-state index is 0.154. The summed E-state index contributed by atoms with van der Waals surface area (Å²) in [5.74, 6) is -1.13. The lowest BCUT2D eigenvalue weighted by molar-refractivity contribution is -0.145. The first kappa shape index (κ1) is 16.8. The van der Waals surface area contributed by atoms with Crippen LogP contribution >= 0.6 is 0 Å². The minimum atomic E-state index is -4.48. The molecule has 0 spiro atoms. The minimum Gasteiger partial charge on any atom is -0.480 e. The number of carboxylic acids is 1. The topological polar surface area (TPSA) is 43.8 Å². The van der Waals surface area contributed by atoms with Crippen molar-refractivity contribution in [1.29, 1.82) is 0 Å². The number of likely N-dealkylation sites (N-methyl/N-ethyl adjacent to an activating group) is 1. The maximum Gasteiger partial charge on any atom is 0.416 e. The SMILES string of the molecule is CC1CN(C(C(=O)O)c2cccc(C(F)(F)F)c2)CCN1C. The number of halogens is 3. The van der Waals surface area contributed by atoms with Crippen LogP contribution in [0.4, 0.5) is 13.2 Å². The Bertz CT molecular complexity index is 548. The number of aliphatic carboxylic acids is 1. The molecule has 1 aromatic rings. The van der Waals surface area contributed by atoms with Gasteiger partial charge in [-0.1, -0.05) is 12.1 Å². The summed E-state index contributed by atoms with van der Waals surface area (Å²) in [6.07, 6.45) is -4.48. The molecule has 0 amide bonds. The summed E-state index contributed by atoms with van der Waals surface area (Å²) >= 11 is 0. The molecule has 2 unspecified atom stereocenters. The molecule has 0 aliphatic carbocycles. The van der Waals surface area contributed by atoms with Crippen LogP contribution in [0.1, 0.15) is 24.1 Å². The molecule has 1 heterocycles. The highest BCUT2D eigenvalue weighted by Gasteiger charge is 2.35. The Morgan fingerprint density at radius 1 is 1.36 bits per heavy atom. The number of carbonyl (C=O) groups is 1. The maximum absolute atomic E-state index is 12.8. The number of carboxylic acid groups (broad SMARTS) is 1. The number of piperazine rings is 1. The largest absolute Gasteiger partial charge is 0.480 e. The van der Waals surface area contributed by atoms with Gasteiger partial charge in [-0.15, -0.1) is 0 Å². The summed E-state index contributed by atoms with van der Waals surface area (Å²) in [5.41, 5.74) is -0.655. The molecule has 22 heavy (non-hydrogen) atoms. The van der Waals surface area contributed by atoms with E-state index in [4.69, 9.17) is 0 Å². The van der Waals surface area contributed by atoms with Crippen LogP contribution in [0.2, 0.25) is 0 Å². The fourth-order valence-corrected chi connectivity index (χ4v) is 2.71. The first-order valence-corrected chi connectivity index (χ1v) is 7.04. The number of benzene rings is 1. The predicted molar refractivity (Wildman–Crippen MR) is 75.5 cm³/mol. The van der Waals surface area contributed by atoms with E-state index < -0.39 is 23.8 Å². The van der Waals surface area contributed by atoms with E-state index in [0.29, 0.717) is 19.6 Å². The molecule has 1 aromatic carbocycles. The Morgan fingerprint density at radius 2 is 2.05 bits per heavy atom. The van der Waals surface area contributed by atoms with Crippen LogP contribution in [0.15, 0.2) is 24.3 Å². The molecule has 2 atom stereocenters. The van der Waals surface area contributed by atoms with Crippen LogP contribution in [-0.4, -0.2) is 53.6 Å². The number of alkyl halides is 3. The van der Waals surface area contributed by atoms with Crippen LogP contribution in [0.5, 0.6) is 0 Å². The van der Waals surface area contributed by atoms with Crippen molar-refractivity contribution in [3.63, 3.8) is 0 Å². The molecule has 122 valence electrons. The number of nitrogens with zero attached hydrogens (tertiary/aromatic N) is 2. The van der Waals surface area contributed by atoms with Crippen molar-refractivity contribution >= 4 is 5.97 Å². The van der Waals surface area contributed by atoms with Crippen molar-refractivity contribution in [2.75, 3.05) is 26.7 Å². The Kier molecular flexibility index (Phi) is 4.77. The lowest BCUT2D eigenvalue weighted by atomic mass is 10.0. The molecular weight excluding hydrogens is 297 g/mol. The second-order valence-electron chi connectivity index (χ2n) is 5.69. The highest BCUT2D eigenvalue weighted by Crippen LogP contribution is 2.32. The third-order valence-corrected chi connectivity index (χ3v) is 4.12. The van der Waals surface area contributed by atoms with Crippen molar-refractivity contribution in [1.82, 2.24) is 9.80 Å². The van der Waals surface area contributed by atoms with E-state index in [1.165, 1.54) is 12.1 Å². The molecule has 7 heteroatoms. The van der Waals surface area contributed by atoms with Gasteiger partial charge in [0.15, 0.2) is 0 Å². The summed E-state index contributed by atoms with van der Waals surface area (Å²) in [7, 11) is 1.95. The molecule has 0 bridgehead atoms. The Morgan fingerprint density at radius 3 is 2.59 bits per heavy atom. The van der Waals surface area contributed by atoms with E-state index in [9.17, 15) is 23.1 Å². The van der Waals surface area contributed by atoms with Gasteiger partial charge in [0.2, 0.25) is 0 Å². The first-order chi connectivity index (χ1) is 10.2. The summed E-state index contributed by atoms with van der Waals surface area (Å²) in [4.78, 5) is 15.4. The van der Waals surface area contributed by atoms with Gasteiger partial charge < -0.3 is 10.0 Å². The van der Waals surface area contributed by atoms with E-state index in [1.807, 2.05) is 14.0 Å². The van der Waals surface area contributed by atoms with Crippen LogP contribution < -0.4 is 0 Å². The van der Waals surface area contributed by atoms with E-state index in [0.717, 1.165) is 12.1 Å². The molecule has 1 fully saturated rings. The van der Waals surface area contributed by atoms with Crippen LogP contribution in [-0.2, 0) is 11.0 Å². The molecule has 0 saturated carbocycles. The van der Waals surface area contributed by atoms with Gasteiger partial charge in [-0.25, -0.2) is 0 Å². The van der Waals surface area contributed by atoms with E-state index >= 15 is 0 Å². The molecule has 2 rings (SSSR count). The number of hydrogen-bond donors (Lipinski definition) is 1. The Balaban J connectivity index is 2.31. The number of rotatable bonds is 3. The molecule has 0 radical (unpaired) electrons. The van der Waals surface area contributed by atoms with Gasteiger partial charge in [-0.05, 0) is 31.7 Å². The molecule has 4 nitrogen and oxygen atoms in total. The summed E-state index contributed by atoms with van der Waals surface area (Å²) < 4.78 is 38.5. The zero-order valence-electron chi connectivity index (χ0n) is 12.5. The Hall–Kier alpha value is -1.60. The van der Waals surface area contributed by atoms with Gasteiger partial charge in [0.05, 0.1) is 5.56 Å². The lowest BCUT2D eigenvalue weighted by Crippen LogP contribution is -2.52. The van der Waals surface area contributed by atoms with E-state index in [-0.39, 0.29) is 11.6 Å². The average molecular weight is 316 g/mol. The highest BCUT2D eigenvalue weighted by molar-refractivity contribution is 5.75. The second-order valence-corrected chi connectivity index (χ2v) is 5.69. The summed E-state index contributed by atoms with van der Waals surface area (Å²) in [6.45, 7) is 3.67. The molecule has 1 aliphatic heterocycles. The predicted octanol–water partition coefficient (Wildman–Crippen LogP) is 2.47. The van der Waals surface area contributed by atoms with Gasteiger partial charge in [0.25, 0.3) is 0 Å². The van der Waals surface area contributed by atoms with Gasteiger partial charge in [0, 0.05) is 25.7 Å². The van der Waals surface area contributed by atoms with E-state index in [2.05, 4.69) is 4.90 Å². The molecular formula is C15H19F3N2O2. The van der Waals surface area contributed by atoms with Crippen molar-refractivity contribution in [2.45, 2.75) is 25.2 Å². The number of hydrogen-bond acceptors (Lipinski definition) is 3. The summed E-state index contributed by atoms with van der Waals surface area (Å²) in [5, 5.41) is 9.49. The smallest absolute Gasteiger partial charge is 0.416 e. The fourth-order valence-electron chi connectivity index (χ4n) is 2.71. The average Bonchev–Trinajstić information content (AvgIpc) is 2.42. The third kappa shape index (κ3) is 3.59. The normalized spacial score (nSPS) is 22.5. The van der Waals surface area contributed by atoms with E-state index in [1.54, 1.807) is 4.90 Å². The van der Waals surface area contributed by atoms with Crippen molar-refractivity contribution < 1.29 is 23.1 Å². The molecule has 1 saturated heterocycles. The maximum atomic E-state index is 12.8. The van der Waals surface area contributed by atoms with Gasteiger partial charge in [-0.2, -0.15) is 13.2 Å². The molecule has 0 aromatic heterocycles. The van der Waals surface area contributed by atoms with Crippen LogP contribution in [0, 0.1) is 0 Å². The monoisotopic (exact) mass is 316 g/mol. The van der Waals surface area contributed by atoms with Gasteiger partial charge in [-0.3, -0.25) is 9.69 Å². The van der Waals surface area contributed by atoms with Gasteiger partial charge in [0.1, 0.15) is 6.04 Å². The van der Waals surface area contributed by atoms with Crippen LogP contribution in [0.25, 0.3) is 0 Å². The lowest BCUT2D eigenvalue weighted by Gasteiger charge is -2.40. The quantitative estimate of drug-likeness (QED) is 0.930. The summed E-state index contributed by atoms with van der Waals surface area (Å²) in [6, 6.07) is 3.68. The van der Waals surface area contributed by atoms with Crippen molar-refractivity contribution in [2.24, 2.45) is 0 Å². The highest BCUT2D eigenvalue weighted by atomic mass is 19.4. The Labute approximate surface area is 127 Å². The first-order valence-electron chi connectivity index (χ1n) is 7.04. The van der Waals surface area contributed by atoms with Gasteiger partial charge >= 0.3 is 12.1 Å². The van der Waals surface area contributed by atoms with Crippen molar-refractivity contribution in [3.8, 4) is 0 Å². The third-order valence-electron chi connectivity index (χ3n) is 4.12. The second kappa shape index (κ2) is 6.26. The fraction of sp³-hybridized carbons (Fsp3) is 0.533. The zero-order chi connectivity index (χ0) is 16.5.